The topological polar surface area (TPSA) is 78.2 Å². The second-order valence-corrected chi connectivity index (χ2v) is 12.9. The van der Waals surface area contributed by atoms with Gasteiger partial charge in [-0.3, -0.25) is 14.6 Å². The average Bonchev–Trinajstić information content (AvgIpc) is 3.52. The SMILES string of the molecule is C[C@@H]1CN(CC(=O)N2CC(C)(C)c3c2cc(Cc2ccc(F)cc2)c2nc(C(F)F)nn32)[C@@H](CN2CCOC[C@H]2C)CN1. The highest BCUT2D eigenvalue weighted by atomic mass is 19.3. The van der Waals surface area contributed by atoms with Crippen molar-refractivity contribution >= 4 is 17.2 Å². The van der Waals surface area contributed by atoms with Crippen LogP contribution in [0.25, 0.3) is 5.65 Å². The Morgan fingerprint density at radius 1 is 1.19 bits per heavy atom. The van der Waals surface area contributed by atoms with Crippen LogP contribution in [0.3, 0.4) is 0 Å². The number of benzene rings is 1. The van der Waals surface area contributed by atoms with E-state index in [9.17, 15) is 18.0 Å². The molecule has 2 saturated heterocycles. The predicted molar refractivity (Wildman–Crippen MR) is 157 cm³/mol. The maximum Gasteiger partial charge on any atom is 0.299 e. The Labute approximate surface area is 250 Å². The number of hydrogen-bond donors (Lipinski definition) is 1. The van der Waals surface area contributed by atoms with E-state index in [0.717, 1.165) is 31.7 Å². The summed E-state index contributed by atoms with van der Waals surface area (Å²) in [5.74, 6) is -0.945. The number of rotatable bonds is 7. The first-order valence-corrected chi connectivity index (χ1v) is 15.1. The van der Waals surface area contributed by atoms with E-state index in [2.05, 4.69) is 39.0 Å². The molecule has 0 radical (unpaired) electrons. The Morgan fingerprint density at radius 3 is 2.67 bits per heavy atom. The Kier molecular flexibility index (Phi) is 8.22. The van der Waals surface area contributed by atoms with Gasteiger partial charge in [0, 0.05) is 68.2 Å². The lowest BCUT2D eigenvalue weighted by molar-refractivity contribution is -0.121. The van der Waals surface area contributed by atoms with Crippen molar-refractivity contribution in [2.24, 2.45) is 0 Å². The fourth-order valence-electron chi connectivity index (χ4n) is 6.73. The highest BCUT2D eigenvalue weighted by Crippen LogP contribution is 2.42. The molecule has 12 heteroatoms. The molecule has 3 aliphatic rings. The third-order valence-corrected chi connectivity index (χ3v) is 8.98. The molecular formula is C31H40F3N7O2. The molecule has 0 aliphatic carbocycles. The van der Waals surface area contributed by atoms with Crippen LogP contribution < -0.4 is 10.2 Å². The van der Waals surface area contributed by atoms with Crippen LogP contribution in [-0.4, -0.2) is 101 Å². The third-order valence-electron chi connectivity index (χ3n) is 8.98. The Hall–Kier alpha value is -3.06. The maximum atomic E-state index is 14.2. The van der Waals surface area contributed by atoms with Gasteiger partial charge in [-0.2, -0.15) is 0 Å². The first-order valence-electron chi connectivity index (χ1n) is 15.1. The zero-order valence-electron chi connectivity index (χ0n) is 25.2. The minimum Gasteiger partial charge on any atom is -0.379 e. The minimum absolute atomic E-state index is 0.0396. The Bertz CT molecular complexity index is 1480. The second kappa shape index (κ2) is 11.8. The molecule has 232 valence electrons. The van der Waals surface area contributed by atoms with E-state index in [4.69, 9.17) is 4.74 Å². The van der Waals surface area contributed by atoms with Gasteiger partial charge in [-0.05, 0) is 37.6 Å². The first-order chi connectivity index (χ1) is 20.5. The number of nitrogens with zero attached hydrogens (tertiary/aromatic N) is 6. The summed E-state index contributed by atoms with van der Waals surface area (Å²) in [4.78, 5) is 24.9. The molecule has 0 bridgehead atoms. The van der Waals surface area contributed by atoms with Crippen LogP contribution in [-0.2, 0) is 21.4 Å². The zero-order chi connectivity index (χ0) is 30.5. The van der Waals surface area contributed by atoms with Crippen molar-refractivity contribution in [2.45, 2.75) is 64.1 Å². The molecule has 1 N–H and O–H groups in total. The van der Waals surface area contributed by atoms with E-state index in [1.54, 1.807) is 17.0 Å². The molecule has 3 atom stereocenters. The van der Waals surface area contributed by atoms with Crippen LogP contribution in [0.5, 0.6) is 0 Å². The quantitative estimate of drug-likeness (QED) is 0.446. The summed E-state index contributed by atoms with van der Waals surface area (Å²) in [5, 5.41) is 7.80. The van der Waals surface area contributed by atoms with Crippen molar-refractivity contribution in [3.8, 4) is 0 Å². The number of amides is 1. The molecule has 0 saturated carbocycles. The molecule has 2 aromatic heterocycles. The predicted octanol–water partition coefficient (Wildman–Crippen LogP) is 3.40. The second-order valence-electron chi connectivity index (χ2n) is 12.9. The summed E-state index contributed by atoms with van der Waals surface area (Å²) < 4.78 is 48.4. The fraction of sp³-hybridized carbons (Fsp3) is 0.581. The fourth-order valence-corrected chi connectivity index (χ4v) is 6.73. The summed E-state index contributed by atoms with van der Waals surface area (Å²) in [6, 6.07) is 8.69. The maximum absolute atomic E-state index is 14.2. The van der Waals surface area contributed by atoms with Crippen LogP contribution in [0.4, 0.5) is 18.9 Å². The molecule has 2 fully saturated rings. The van der Waals surface area contributed by atoms with Gasteiger partial charge in [0.15, 0.2) is 5.65 Å². The van der Waals surface area contributed by atoms with Crippen molar-refractivity contribution in [3.05, 3.63) is 58.8 Å². The van der Waals surface area contributed by atoms with Gasteiger partial charge in [-0.1, -0.05) is 26.0 Å². The molecular weight excluding hydrogens is 559 g/mol. The number of ether oxygens (including phenoxy) is 1. The normalized spacial score (nSPS) is 24.7. The Balaban J connectivity index is 1.33. The summed E-state index contributed by atoms with van der Waals surface area (Å²) >= 11 is 0. The van der Waals surface area contributed by atoms with Gasteiger partial charge in [-0.15, -0.1) is 5.10 Å². The first kappa shape index (κ1) is 30.0. The van der Waals surface area contributed by atoms with Crippen molar-refractivity contribution in [3.63, 3.8) is 0 Å². The standard InChI is InChI=1S/C31H40F3N7O2/c1-19-14-39(24(13-35-19)15-38-9-10-43-17-20(38)2)16-26(42)40-18-31(3,4)27-25(40)12-22(11-21-5-7-23(32)8-6-21)30-36-29(28(33)34)37-41(27)30/h5-8,12,19-20,24,28,35H,9-11,13-18H2,1-4H3/t19-,20-,24-/m1/s1. The summed E-state index contributed by atoms with van der Waals surface area (Å²) in [6.45, 7) is 13.6. The highest BCUT2D eigenvalue weighted by Gasteiger charge is 2.43. The molecule has 9 nitrogen and oxygen atoms in total. The molecule has 3 aliphatic heterocycles. The van der Waals surface area contributed by atoms with Gasteiger partial charge in [0.25, 0.3) is 6.43 Å². The zero-order valence-corrected chi connectivity index (χ0v) is 25.2. The van der Waals surface area contributed by atoms with Crippen molar-refractivity contribution in [1.29, 1.82) is 0 Å². The largest absolute Gasteiger partial charge is 0.379 e. The molecule has 1 amide bonds. The lowest BCUT2D eigenvalue weighted by Crippen LogP contribution is -2.62. The van der Waals surface area contributed by atoms with E-state index in [1.165, 1.54) is 16.6 Å². The van der Waals surface area contributed by atoms with E-state index >= 15 is 0 Å². The Morgan fingerprint density at radius 2 is 1.95 bits per heavy atom. The number of piperazine rings is 1. The summed E-state index contributed by atoms with van der Waals surface area (Å²) in [5.41, 5.74) is 2.57. The molecule has 5 heterocycles. The number of anilines is 1. The van der Waals surface area contributed by atoms with E-state index in [0.29, 0.717) is 54.8 Å². The van der Waals surface area contributed by atoms with Crippen molar-refractivity contribution < 1.29 is 22.7 Å². The number of carbonyl (C=O) groups is 1. The lowest BCUT2D eigenvalue weighted by Gasteiger charge is -2.43. The number of nitrogens with one attached hydrogen (secondary N) is 1. The molecule has 1 aromatic carbocycles. The third kappa shape index (κ3) is 6.02. The van der Waals surface area contributed by atoms with Gasteiger partial charge < -0.3 is 15.0 Å². The summed E-state index contributed by atoms with van der Waals surface area (Å²) in [7, 11) is 0. The smallest absolute Gasteiger partial charge is 0.299 e. The summed E-state index contributed by atoms with van der Waals surface area (Å²) in [6.07, 6.45) is -2.51. The minimum atomic E-state index is -2.84. The number of aromatic nitrogens is 3. The number of halogens is 3. The van der Waals surface area contributed by atoms with E-state index < -0.39 is 17.7 Å². The van der Waals surface area contributed by atoms with E-state index in [-0.39, 0.29) is 30.4 Å². The van der Waals surface area contributed by atoms with Gasteiger partial charge in [0.2, 0.25) is 11.7 Å². The van der Waals surface area contributed by atoms with Gasteiger partial charge in [-0.25, -0.2) is 22.7 Å². The van der Waals surface area contributed by atoms with Crippen LogP contribution in [0.15, 0.2) is 30.3 Å². The van der Waals surface area contributed by atoms with Gasteiger partial charge in [0.05, 0.1) is 31.1 Å². The average molecular weight is 600 g/mol. The number of fused-ring (bicyclic) bond motifs is 3. The molecule has 0 spiro atoms. The number of alkyl halides is 2. The molecule has 43 heavy (non-hydrogen) atoms. The van der Waals surface area contributed by atoms with Crippen LogP contribution in [0, 0.1) is 5.82 Å². The van der Waals surface area contributed by atoms with Crippen LogP contribution in [0.2, 0.25) is 0 Å². The van der Waals surface area contributed by atoms with Crippen molar-refractivity contribution in [1.82, 2.24) is 29.7 Å². The highest BCUT2D eigenvalue weighted by molar-refractivity contribution is 5.97. The molecule has 0 unspecified atom stereocenters. The van der Waals surface area contributed by atoms with Crippen LogP contribution >= 0.6 is 0 Å². The van der Waals surface area contributed by atoms with Crippen LogP contribution in [0.1, 0.15) is 56.8 Å². The number of morpholine rings is 1. The number of pyridine rings is 1. The molecule has 3 aromatic rings. The monoisotopic (exact) mass is 599 g/mol. The number of carbonyl (C=O) groups excluding carboxylic acids is 1. The number of hydrogen-bond acceptors (Lipinski definition) is 7. The molecule has 6 rings (SSSR count). The van der Waals surface area contributed by atoms with Gasteiger partial charge >= 0.3 is 0 Å². The lowest BCUT2D eigenvalue weighted by atomic mass is 9.90. The van der Waals surface area contributed by atoms with Gasteiger partial charge in [0.1, 0.15) is 5.82 Å². The van der Waals surface area contributed by atoms with E-state index in [1.807, 2.05) is 19.9 Å². The van der Waals surface area contributed by atoms with Crippen molar-refractivity contribution in [2.75, 3.05) is 57.4 Å².